The maximum atomic E-state index is 7.63. The van der Waals surface area contributed by atoms with E-state index in [9.17, 15) is 0 Å². The van der Waals surface area contributed by atoms with Crippen LogP contribution < -0.4 is 5.73 Å². The first-order chi connectivity index (χ1) is 4.09. The SMILES string of the molecule is CCC(C)C([NH])C(C)C. The molecular formula is C8H18N. The Labute approximate surface area is 58.6 Å². The Morgan fingerprint density at radius 3 is 1.78 bits per heavy atom. The highest BCUT2D eigenvalue weighted by Gasteiger charge is 2.14. The van der Waals surface area contributed by atoms with E-state index in [4.69, 9.17) is 5.73 Å². The van der Waals surface area contributed by atoms with Gasteiger partial charge < -0.3 is 0 Å². The van der Waals surface area contributed by atoms with E-state index in [-0.39, 0.29) is 6.04 Å². The van der Waals surface area contributed by atoms with E-state index in [1.54, 1.807) is 0 Å². The molecule has 0 saturated heterocycles. The molecule has 0 rings (SSSR count). The van der Waals surface area contributed by atoms with Crippen molar-refractivity contribution in [1.29, 1.82) is 0 Å². The lowest BCUT2D eigenvalue weighted by atomic mass is 9.91. The predicted octanol–water partition coefficient (Wildman–Crippen LogP) is 2.34. The standard InChI is InChI=1S/C8H18N/c1-5-7(4)8(9)6(2)3/h6-9H,5H2,1-4H3. The van der Waals surface area contributed by atoms with Crippen LogP contribution >= 0.6 is 0 Å². The molecule has 0 aromatic rings. The van der Waals surface area contributed by atoms with Gasteiger partial charge >= 0.3 is 0 Å². The van der Waals surface area contributed by atoms with Crippen molar-refractivity contribution in [2.45, 2.75) is 40.2 Å². The van der Waals surface area contributed by atoms with Gasteiger partial charge in [-0.1, -0.05) is 34.1 Å². The van der Waals surface area contributed by atoms with Crippen molar-refractivity contribution in [2.75, 3.05) is 0 Å². The maximum Gasteiger partial charge on any atom is 0.0261 e. The molecule has 1 N–H and O–H groups in total. The molecule has 0 aliphatic heterocycles. The van der Waals surface area contributed by atoms with Gasteiger partial charge in [0.2, 0.25) is 0 Å². The minimum absolute atomic E-state index is 0.134. The summed E-state index contributed by atoms with van der Waals surface area (Å²) in [5.41, 5.74) is 7.63. The number of rotatable bonds is 3. The second kappa shape index (κ2) is 3.89. The lowest BCUT2D eigenvalue weighted by Gasteiger charge is -2.20. The predicted molar refractivity (Wildman–Crippen MR) is 41.2 cm³/mol. The molecule has 0 amide bonds. The smallest absolute Gasteiger partial charge is 0.0261 e. The van der Waals surface area contributed by atoms with Crippen LogP contribution in [0.1, 0.15) is 34.1 Å². The lowest BCUT2D eigenvalue weighted by Crippen LogP contribution is -2.24. The topological polar surface area (TPSA) is 23.8 Å². The number of hydrogen-bond donors (Lipinski definition) is 0. The molecule has 0 heterocycles. The van der Waals surface area contributed by atoms with Crippen LogP contribution in [0.5, 0.6) is 0 Å². The summed E-state index contributed by atoms with van der Waals surface area (Å²) in [6.45, 7) is 8.53. The summed E-state index contributed by atoms with van der Waals surface area (Å²) < 4.78 is 0. The van der Waals surface area contributed by atoms with Gasteiger partial charge in [-0.15, -0.1) is 0 Å². The van der Waals surface area contributed by atoms with Gasteiger partial charge in [0.05, 0.1) is 0 Å². The molecule has 1 radical (unpaired) electrons. The average Bonchev–Trinajstić information content (AvgIpc) is 1.84. The van der Waals surface area contributed by atoms with Crippen molar-refractivity contribution in [1.82, 2.24) is 5.73 Å². The monoisotopic (exact) mass is 128 g/mol. The van der Waals surface area contributed by atoms with Crippen LogP contribution in [-0.4, -0.2) is 6.04 Å². The van der Waals surface area contributed by atoms with Gasteiger partial charge in [-0.25, -0.2) is 0 Å². The Kier molecular flexibility index (Phi) is 3.87. The summed E-state index contributed by atoms with van der Waals surface area (Å²) in [4.78, 5) is 0. The second-order valence-electron chi connectivity index (χ2n) is 3.16. The third-order valence-corrected chi connectivity index (χ3v) is 1.98. The van der Waals surface area contributed by atoms with E-state index in [2.05, 4.69) is 27.7 Å². The molecule has 9 heavy (non-hydrogen) atoms. The Morgan fingerprint density at radius 1 is 1.22 bits per heavy atom. The summed E-state index contributed by atoms with van der Waals surface area (Å²) >= 11 is 0. The Morgan fingerprint density at radius 2 is 1.67 bits per heavy atom. The highest BCUT2D eigenvalue weighted by Crippen LogP contribution is 2.13. The van der Waals surface area contributed by atoms with E-state index in [0.717, 1.165) is 6.42 Å². The van der Waals surface area contributed by atoms with Crippen molar-refractivity contribution in [2.24, 2.45) is 11.8 Å². The van der Waals surface area contributed by atoms with Crippen LogP contribution in [0, 0.1) is 11.8 Å². The molecular weight excluding hydrogens is 110 g/mol. The van der Waals surface area contributed by atoms with E-state index in [0.29, 0.717) is 11.8 Å². The van der Waals surface area contributed by atoms with Crippen LogP contribution in [0.25, 0.3) is 0 Å². The van der Waals surface area contributed by atoms with Gasteiger partial charge in [0.1, 0.15) is 0 Å². The van der Waals surface area contributed by atoms with Crippen molar-refractivity contribution >= 4 is 0 Å². The molecule has 2 unspecified atom stereocenters. The lowest BCUT2D eigenvalue weighted by molar-refractivity contribution is 0.346. The van der Waals surface area contributed by atoms with Crippen LogP contribution in [0.4, 0.5) is 0 Å². The Hall–Kier alpha value is -0.0400. The molecule has 0 aliphatic rings. The number of hydrogen-bond acceptors (Lipinski definition) is 0. The summed E-state index contributed by atoms with van der Waals surface area (Å²) in [6, 6.07) is 0.134. The molecule has 0 aromatic heterocycles. The Balaban J connectivity index is 3.58. The second-order valence-corrected chi connectivity index (χ2v) is 3.16. The molecule has 0 aromatic carbocycles. The van der Waals surface area contributed by atoms with E-state index in [1.807, 2.05) is 0 Å². The molecule has 0 spiro atoms. The first kappa shape index (κ1) is 8.96. The van der Waals surface area contributed by atoms with Crippen molar-refractivity contribution in [3.05, 3.63) is 0 Å². The Bertz CT molecular complexity index is 69.0. The zero-order valence-electron chi connectivity index (χ0n) is 6.94. The third-order valence-electron chi connectivity index (χ3n) is 1.98. The maximum absolute atomic E-state index is 7.63. The largest absolute Gasteiger partial charge is 0.254 e. The summed E-state index contributed by atoms with van der Waals surface area (Å²) in [5, 5.41) is 0. The highest BCUT2D eigenvalue weighted by molar-refractivity contribution is 4.69. The average molecular weight is 128 g/mol. The van der Waals surface area contributed by atoms with Crippen molar-refractivity contribution < 1.29 is 0 Å². The van der Waals surface area contributed by atoms with Gasteiger partial charge in [0, 0.05) is 6.04 Å². The fourth-order valence-electron chi connectivity index (χ4n) is 0.911. The van der Waals surface area contributed by atoms with Crippen LogP contribution in [0.15, 0.2) is 0 Å². The molecule has 1 nitrogen and oxygen atoms in total. The summed E-state index contributed by atoms with van der Waals surface area (Å²) in [5.74, 6) is 1.07. The van der Waals surface area contributed by atoms with E-state index >= 15 is 0 Å². The van der Waals surface area contributed by atoms with E-state index < -0.39 is 0 Å². The first-order valence-corrected chi connectivity index (χ1v) is 3.80. The zero-order valence-corrected chi connectivity index (χ0v) is 6.94. The molecule has 55 valence electrons. The van der Waals surface area contributed by atoms with Crippen LogP contribution in [-0.2, 0) is 0 Å². The van der Waals surface area contributed by atoms with Crippen molar-refractivity contribution in [3.8, 4) is 0 Å². The quantitative estimate of drug-likeness (QED) is 0.557. The molecule has 1 heteroatoms. The highest BCUT2D eigenvalue weighted by atomic mass is 14.7. The van der Waals surface area contributed by atoms with Gasteiger partial charge in [-0.3, -0.25) is 5.73 Å². The third kappa shape index (κ3) is 2.85. The molecule has 0 fully saturated rings. The normalized spacial score (nSPS) is 18.0. The van der Waals surface area contributed by atoms with Gasteiger partial charge in [0.25, 0.3) is 0 Å². The van der Waals surface area contributed by atoms with Crippen LogP contribution in [0.2, 0.25) is 0 Å². The molecule has 0 bridgehead atoms. The fourth-order valence-corrected chi connectivity index (χ4v) is 0.911. The van der Waals surface area contributed by atoms with Crippen LogP contribution in [0.3, 0.4) is 0 Å². The summed E-state index contributed by atoms with van der Waals surface area (Å²) in [7, 11) is 0. The first-order valence-electron chi connectivity index (χ1n) is 3.80. The molecule has 2 atom stereocenters. The summed E-state index contributed by atoms with van der Waals surface area (Å²) in [6.07, 6.45) is 1.13. The minimum atomic E-state index is 0.134. The molecule has 0 aliphatic carbocycles. The van der Waals surface area contributed by atoms with Crippen molar-refractivity contribution in [3.63, 3.8) is 0 Å². The van der Waals surface area contributed by atoms with Gasteiger partial charge in [0.15, 0.2) is 0 Å². The van der Waals surface area contributed by atoms with E-state index in [1.165, 1.54) is 0 Å². The van der Waals surface area contributed by atoms with Gasteiger partial charge in [-0.05, 0) is 11.8 Å². The van der Waals surface area contributed by atoms with Gasteiger partial charge in [-0.2, -0.15) is 0 Å². The molecule has 0 saturated carbocycles. The fraction of sp³-hybridized carbons (Fsp3) is 1.00. The number of nitrogens with one attached hydrogen (secondary N) is 1. The zero-order chi connectivity index (χ0) is 7.44. The minimum Gasteiger partial charge on any atom is -0.254 e.